The van der Waals surface area contributed by atoms with Crippen LogP contribution in [0.1, 0.15) is 23.6 Å². The number of hydrogen-bond donors (Lipinski definition) is 2. The molecule has 1 atom stereocenters. The fourth-order valence-corrected chi connectivity index (χ4v) is 2.37. The van der Waals surface area contributed by atoms with Gasteiger partial charge < -0.3 is 10.4 Å². The van der Waals surface area contributed by atoms with Crippen LogP contribution in [0.5, 0.6) is 0 Å². The maximum absolute atomic E-state index is 13.0. The first-order valence-corrected chi connectivity index (χ1v) is 7.71. The Kier molecular flexibility index (Phi) is 5.61. The van der Waals surface area contributed by atoms with Crippen molar-refractivity contribution in [1.82, 2.24) is 0 Å². The van der Waals surface area contributed by atoms with E-state index in [4.69, 9.17) is 0 Å². The average molecular weight is 422 g/mol. The quantitative estimate of drug-likeness (QED) is 0.432. The van der Waals surface area contributed by atoms with Crippen LogP contribution < -0.4 is 5.32 Å². The van der Waals surface area contributed by atoms with Gasteiger partial charge in [-0.15, -0.1) is 0 Å². The number of anilines is 1. The second-order valence-electron chi connectivity index (χ2n) is 6.09. The number of amides is 1. The first-order chi connectivity index (χ1) is 13.1. The summed E-state index contributed by atoms with van der Waals surface area (Å²) in [6, 6.07) is 4.63. The summed E-state index contributed by atoms with van der Waals surface area (Å²) >= 11 is 0. The van der Waals surface area contributed by atoms with Crippen LogP contribution in [0.25, 0.3) is 0 Å². The number of carbonyl (C=O) groups excluding carboxylic acids is 1. The van der Waals surface area contributed by atoms with E-state index in [1.54, 1.807) is 0 Å². The highest BCUT2D eigenvalue weighted by atomic mass is 19.4. The van der Waals surface area contributed by atoms with Gasteiger partial charge in [-0.3, -0.25) is 14.9 Å². The number of benzene rings is 2. The molecular weight excluding hydrogens is 410 g/mol. The Morgan fingerprint density at radius 3 is 1.93 bits per heavy atom. The monoisotopic (exact) mass is 422 g/mol. The summed E-state index contributed by atoms with van der Waals surface area (Å²) < 4.78 is 76.8. The van der Waals surface area contributed by atoms with Crippen molar-refractivity contribution >= 4 is 17.3 Å². The second kappa shape index (κ2) is 7.35. The molecule has 2 aromatic rings. The van der Waals surface area contributed by atoms with Crippen LogP contribution in [-0.2, 0) is 22.7 Å². The molecule has 0 saturated carbocycles. The molecule has 12 heteroatoms. The smallest absolute Gasteiger partial charge is 0.376 e. The van der Waals surface area contributed by atoms with Crippen LogP contribution in [-0.4, -0.2) is 15.9 Å². The Hall–Kier alpha value is -3.15. The normalized spacial score (nSPS) is 14.2. The SMILES string of the molecule is CC(O)(C(=O)Nc1ccc([N+](=O)[O-])c(C(F)(F)F)c1)c1ccc(C(F)(F)F)cc1. The van der Waals surface area contributed by atoms with E-state index in [1.165, 1.54) is 0 Å². The number of aliphatic hydroxyl groups is 1. The van der Waals surface area contributed by atoms with E-state index >= 15 is 0 Å². The largest absolute Gasteiger partial charge is 0.423 e. The molecule has 2 aromatic carbocycles. The fraction of sp³-hybridized carbons (Fsp3) is 0.235. The Morgan fingerprint density at radius 1 is 0.966 bits per heavy atom. The Labute approximate surface area is 158 Å². The van der Waals surface area contributed by atoms with E-state index in [0.717, 1.165) is 25.1 Å². The van der Waals surface area contributed by atoms with Crippen molar-refractivity contribution in [2.24, 2.45) is 0 Å². The molecule has 0 aliphatic rings. The zero-order chi connectivity index (χ0) is 22.2. The molecule has 1 unspecified atom stereocenters. The van der Waals surface area contributed by atoms with E-state index < -0.39 is 51.3 Å². The van der Waals surface area contributed by atoms with Crippen molar-refractivity contribution in [3.63, 3.8) is 0 Å². The number of nitrogens with one attached hydrogen (secondary N) is 1. The van der Waals surface area contributed by atoms with Crippen LogP contribution in [0.3, 0.4) is 0 Å². The van der Waals surface area contributed by atoms with Crippen molar-refractivity contribution in [1.29, 1.82) is 0 Å². The lowest BCUT2D eigenvalue weighted by Gasteiger charge is -2.23. The molecule has 2 rings (SSSR count). The predicted molar refractivity (Wildman–Crippen MR) is 87.7 cm³/mol. The fourth-order valence-electron chi connectivity index (χ4n) is 2.37. The Morgan fingerprint density at radius 2 is 1.48 bits per heavy atom. The number of nitrogens with zero attached hydrogens (tertiary/aromatic N) is 1. The lowest BCUT2D eigenvalue weighted by Crippen LogP contribution is -2.37. The molecule has 0 bridgehead atoms. The van der Waals surface area contributed by atoms with Gasteiger partial charge in [-0.25, -0.2) is 0 Å². The van der Waals surface area contributed by atoms with E-state index in [9.17, 15) is 46.4 Å². The second-order valence-corrected chi connectivity index (χ2v) is 6.09. The highest BCUT2D eigenvalue weighted by Gasteiger charge is 2.39. The molecule has 0 aromatic heterocycles. The summed E-state index contributed by atoms with van der Waals surface area (Å²) in [6.45, 7) is 0.932. The van der Waals surface area contributed by atoms with Crippen molar-refractivity contribution in [3.05, 3.63) is 69.3 Å². The van der Waals surface area contributed by atoms with Gasteiger partial charge in [0.15, 0.2) is 5.60 Å². The zero-order valence-electron chi connectivity index (χ0n) is 14.4. The lowest BCUT2D eigenvalue weighted by atomic mass is 9.94. The van der Waals surface area contributed by atoms with Gasteiger partial charge in [0.25, 0.3) is 11.6 Å². The molecule has 156 valence electrons. The van der Waals surface area contributed by atoms with E-state index in [-0.39, 0.29) is 5.56 Å². The molecular formula is C17H12F6N2O4. The third kappa shape index (κ3) is 4.83. The van der Waals surface area contributed by atoms with Gasteiger partial charge in [0.05, 0.1) is 10.5 Å². The number of alkyl halides is 6. The number of rotatable bonds is 4. The van der Waals surface area contributed by atoms with Crippen LogP contribution >= 0.6 is 0 Å². The molecule has 1 amide bonds. The average Bonchev–Trinajstić information content (AvgIpc) is 2.60. The molecule has 0 heterocycles. The summed E-state index contributed by atoms with van der Waals surface area (Å²) in [6.07, 6.45) is -9.72. The molecule has 0 spiro atoms. The lowest BCUT2D eigenvalue weighted by molar-refractivity contribution is -0.388. The van der Waals surface area contributed by atoms with Gasteiger partial charge in [-0.2, -0.15) is 26.3 Å². The molecule has 0 saturated heterocycles. The van der Waals surface area contributed by atoms with Crippen LogP contribution in [0, 0.1) is 10.1 Å². The van der Waals surface area contributed by atoms with Gasteiger partial charge in [0, 0.05) is 11.8 Å². The third-order valence-electron chi connectivity index (χ3n) is 3.97. The molecule has 0 aliphatic carbocycles. The van der Waals surface area contributed by atoms with Crippen molar-refractivity contribution in [3.8, 4) is 0 Å². The van der Waals surface area contributed by atoms with Gasteiger partial charge >= 0.3 is 12.4 Å². The molecule has 6 nitrogen and oxygen atoms in total. The minimum atomic E-state index is -5.08. The number of halogens is 6. The molecule has 0 aliphatic heterocycles. The molecule has 0 fully saturated rings. The summed E-state index contributed by atoms with van der Waals surface area (Å²) in [7, 11) is 0. The number of hydrogen-bond acceptors (Lipinski definition) is 4. The molecule has 29 heavy (non-hydrogen) atoms. The number of nitro groups is 1. The van der Waals surface area contributed by atoms with Crippen LogP contribution in [0.2, 0.25) is 0 Å². The van der Waals surface area contributed by atoms with Gasteiger partial charge in [0.2, 0.25) is 0 Å². The highest BCUT2D eigenvalue weighted by molar-refractivity contribution is 5.97. The molecule has 2 N–H and O–H groups in total. The van der Waals surface area contributed by atoms with Crippen LogP contribution in [0.15, 0.2) is 42.5 Å². The first-order valence-electron chi connectivity index (χ1n) is 7.71. The van der Waals surface area contributed by atoms with E-state index in [2.05, 4.69) is 0 Å². The topological polar surface area (TPSA) is 92.5 Å². The minimum Gasteiger partial charge on any atom is -0.376 e. The van der Waals surface area contributed by atoms with Crippen molar-refractivity contribution in [2.75, 3.05) is 5.32 Å². The Bertz CT molecular complexity index is 936. The zero-order valence-corrected chi connectivity index (χ0v) is 14.4. The van der Waals surface area contributed by atoms with Gasteiger partial charge in [-0.05, 0) is 36.8 Å². The predicted octanol–water partition coefficient (Wildman–Crippen LogP) is 4.48. The maximum atomic E-state index is 13.0. The van der Waals surface area contributed by atoms with Crippen LogP contribution in [0.4, 0.5) is 37.7 Å². The van der Waals surface area contributed by atoms with Gasteiger partial charge in [-0.1, -0.05) is 12.1 Å². The van der Waals surface area contributed by atoms with Gasteiger partial charge in [0.1, 0.15) is 5.56 Å². The number of carbonyl (C=O) groups is 1. The highest BCUT2D eigenvalue weighted by Crippen LogP contribution is 2.38. The Balaban J connectivity index is 2.32. The van der Waals surface area contributed by atoms with Crippen molar-refractivity contribution < 1.29 is 41.2 Å². The standard InChI is InChI=1S/C17H12F6N2O4/c1-15(27,9-2-4-10(5-3-9)16(18,19)20)14(26)24-11-6-7-13(25(28)29)12(8-11)17(21,22)23/h2-8,27H,1H3,(H,24,26). The summed E-state index contributed by atoms with van der Waals surface area (Å²) in [5.41, 5.74) is -7.02. The third-order valence-corrected chi connectivity index (χ3v) is 3.97. The van der Waals surface area contributed by atoms with Crippen molar-refractivity contribution in [2.45, 2.75) is 24.9 Å². The summed E-state index contributed by atoms with van der Waals surface area (Å²) in [4.78, 5) is 21.8. The first kappa shape index (κ1) is 22.1. The molecule has 0 radical (unpaired) electrons. The maximum Gasteiger partial charge on any atom is 0.423 e. The number of nitro benzene ring substituents is 1. The van der Waals surface area contributed by atoms with E-state index in [1.807, 2.05) is 5.32 Å². The summed E-state index contributed by atoms with van der Waals surface area (Å²) in [5.74, 6) is -1.25. The minimum absolute atomic E-state index is 0.249. The van der Waals surface area contributed by atoms with E-state index in [0.29, 0.717) is 24.3 Å². The summed E-state index contributed by atoms with van der Waals surface area (Å²) in [5, 5.41) is 23.1.